The first-order valence-corrected chi connectivity index (χ1v) is 9.73. The third-order valence-corrected chi connectivity index (χ3v) is 5.84. The number of benzene rings is 1. The number of amides is 1. The van der Waals surface area contributed by atoms with Crippen molar-refractivity contribution in [2.24, 2.45) is 0 Å². The number of rotatable bonds is 6. The lowest BCUT2D eigenvalue weighted by atomic mass is 10.3. The van der Waals surface area contributed by atoms with Crippen LogP contribution >= 0.6 is 22.7 Å². The molecule has 0 aliphatic rings. The standard InChI is InChI=1S/C19H16N2O3S2/c1-23-15-7-2-8-16-18(15)20-19(26-16)21(12-13-5-3-9-24-13)17(22)11-14-6-4-10-25-14/h2-10H,11-12H2,1H3. The number of fused-ring (bicyclic) bond motifs is 1. The monoisotopic (exact) mass is 384 g/mol. The first kappa shape index (κ1) is 16.8. The summed E-state index contributed by atoms with van der Waals surface area (Å²) in [7, 11) is 1.62. The zero-order valence-corrected chi connectivity index (χ0v) is 15.7. The SMILES string of the molecule is COc1cccc2sc(N(Cc3ccco3)C(=O)Cc3cccs3)nc12. The molecule has 0 saturated carbocycles. The summed E-state index contributed by atoms with van der Waals surface area (Å²) in [6.07, 6.45) is 1.95. The lowest BCUT2D eigenvalue weighted by Gasteiger charge is -2.18. The molecule has 1 amide bonds. The molecule has 0 saturated heterocycles. The van der Waals surface area contributed by atoms with Crippen LogP contribution in [0.2, 0.25) is 0 Å². The Morgan fingerprint density at radius 2 is 2.15 bits per heavy atom. The fourth-order valence-electron chi connectivity index (χ4n) is 2.67. The molecule has 1 aromatic carbocycles. The fraction of sp³-hybridized carbons (Fsp3) is 0.158. The molecule has 0 unspecified atom stereocenters. The lowest BCUT2D eigenvalue weighted by molar-refractivity contribution is -0.118. The minimum atomic E-state index is -0.0122. The predicted octanol–water partition coefficient (Wildman–Crippen LogP) is 4.74. The van der Waals surface area contributed by atoms with Crippen LogP contribution in [-0.4, -0.2) is 18.0 Å². The van der Waals surface area contributed by atoms with E-state index < -0.39 is 0 Å². The van der Waals surface area contributed by atoms with Gasteiger partial charge in [-0.1, -0.05) is 23.5 Å². The molecule has 4 rings (SSSR count). The maximum atomic E-state index is 13.0. The first-order chi connectivity index (χ1) is 12.7. The van der Waals surface area contributed by atoms with E-state index in [-0.39, 0.29) is 5.91 Å². The average molecular weight is 384 g/mol. The molecule has 0 aliphatic heterocycles. The molecule has 132 valence electrons. The second-order valence-electron chi connectivity index (χ2n) is 5.62. The predicted molar refractivity (Wildman–Crippen MR) is 104 cm³/mol. The summed E-state index contributed by atoms with van der Waals surface area (Å²) in [5.41, 5.74) is 0.767. The number of methoxy groups -OCH3 is 1. The summed E-state index contributed by atoms with van der Waals surface area (Å²) in [5.74, 6) is 1.41. The highest BCUT2D eigenvalue weighted by Gasteiger charge is 2.22. The van der Waals surface area contributed by atoms with Gasteiger partial charge < -0.3 is 9.15 Å². The number of furan rings is 1. The van der Waals surface area contributed by atoms with Crippen LogP contribution in [0.5, 0.6) is 5.75 Å². The van der Waals surface area contributed by atoms with Crippen LogP contribution in [0.3, 0.4) is 0 Å². The van der Waals surface area contributed by atoms with Crippen molar-refractivity contribution in [3.63, 3.8) is 0 Å². The Hall–Kier alpha value is -2.64. The Morgan fingerprint density at radius 1 is 1.23 bits per heavy atom. The summed E-state index contributed by atoms with van der Waals surface area (Å²) < 4.78 is 11.8. The number of hydrogen-bond donors (Lipinski definition) is 0. The molecule has 7 heteroatoms. The normalized spacial score (nSPS) is 11.0. The van der Waals surface area contributed by atoms with Gasteiger partial charge in [0.1, 0.15) is 17.0 Å². The molecule has 0 fully saturated rings. The largest absolute Gasteiger partial charge is 0.494 e. The van der Waals surface area contributed by atoms with E-state index in [1.54, 1.807) is 29.6 Å². The molecule has 0 aliphatic carbocycles. The number of para-hydroxylation sites is 1. The topological polar surface area (TPSA) is 55.6 Å². The Morgan fingerprint density at radius 3 is 2.88 bits per heavy atom. The van der Waals surface area contributed by atoms with Crippen LogP contribution in [0.15, 0.2) is 58.5 Å². The van der Waals surface area contributed by atoms with E-state index in [1.807, 2.05) is 47.8 Å². The minimum absolute atomic E-state index is 0.0122. The number of nitrogens with zero attached hydrogens (tertiary/aromatic N) is 2. The molecule has 4 aromatic rings. The maximum Gasteiger partial charge on any atom is 0.234 e. The van der Waals surface area contributed by atoms with Crippen molar-refractivity contribution >= 4 is 43.9 Å². The van der Waals surface area contributed by atoms with Crippen LogP contribution in [0.4, 0.5) is 5.13 Å². The Labute approximate surface area is 158 Å². The third kappa shape index (κ3) is 3.36. The van der Waals surface area contributed by atoms with Crippen molar-refractivity contribution in [2.45, 2.75) is 13.0 Å². The van der Waals surface area contributed by atoms with E-state index in [0.29, 0.717) is 23.8 Å². The van der Waals surface area contributed by atoms with E-state index >= 15 is 0 Å². The Balaban J connectivity index is 1.71. The second kappa shape index (κ2) is 7.31. The van der Waals surface area contributed by atoms with E-state index in [1.165, 1.54) is 11.3 Å². The highest BCUT2D eigenvalue weighted by atomic mass is 32.1. The van der Waals surface area contributed by atoms with Crippen LogP contribution in [0, 0.1) is 0 Å². The van der Waals surface area contributed by atoms with Gasteiger partial charge in [-0.25, -0.2) is 4.98 Å². The van der Waals surface area contributed by atoms with Gasteiger partial charge in [0, 0.05) is 4.88 Å². The maximum absolute atomic E-state index is 13.0. The molecule has 3 heterocycles. The van der Waals surface area contributed by atoms with Crippen LogP contribution in [-0.2, 0) is 17.8 Å². The molecule has 0 bridgehead atoms. The highest BCUT2D eigenvalue weighted by molar-refractivity contribution is 7.22. The third-order valence-electron chi connectivity index (χ3n) is 3.92. The van der Waals surface area contributed by atoms with Crippen molar-refractivity contribution < 1.29 is 13.9 Å². The van der Waals surface area contributed by atoms with Gasteiger partial charge in [0.2, 0.25) is 5.91 Å². The average Bonchev–Trinajstić information content (AvgIpc) is 3.39. The van der Waals surface area contributed by atoms with E-state index in [4.69, 9.17) is 9.15 Å². The summed E-state index contributed by atoms with van der Waals surface area (Å²) in [6.45, 7) is 0.347. The molecular weight excluding hydrogens is 368 g/mol. The molecule has 0 atom stereocenters. The highest BCUT2D eigenvalue weighted by Crippen LogP contribution is 2.35. The van der Waals surface area contributed by atoms with Gasteiger partial charge in [-0.05, 0) is 35.7 Å². The number of aromatic nitrogens is 1. The first-order valence-electron chi connectivity index (χ1n) is 8.03. The summed E-state index contributed by atoms with van der Waals surface area (Å²) >= 11 is 3.05. The Bertz CT molecular complexity index is 1010. The number of hydrogen-bond acceptors (Lipinski definition) is 6. The van der Waals surface area contributed by atoms with E-state index in [2.05, 4.69) is 4.98 Å². The summed E-state index contributed by atoms with van der Waals surface area (Å²) in [6, 6.07) is 13.4. The van der Waals surface area contributed by atoms with Crippen LogP contribution in [0.1, 0.15) is 10.6 Å². The molecule has 26 heavy (non-hydrogen) atoms. The van der Waals surface area contributed by atoms with E-state index in [9.17, 15) is 4.79 Å². The number of carbonyl (C=O) groups excluding carboxylic acids is 1. The van der Waals surface area contributed by atoms with Gasteiger partial charge in [0.05, 0.1) is 31.0 Å². The van der Waals surface area contributed by atoms with Gasteiger partial charge in [-0.2, -0.15) is 0 Å². The fourth-order valence-corrected chi connectivity index (χ4v) is 4.37. The number of thiophene rings is 1. The zero-order valence-electron chi connectivity index (χ0n) is 14.0. The van der Waals surface area contributed by atoms with Crippen molar-refractivity contribution in [3.8, 4) is 5.75 Å². The minimum Gasteiger partial charge on any atom is -0.494 e. The number of carbonyl (C=O) groups is 1. The molecular formula is C19H16N2O3S2. The van der Waals surface area contributed by atoms with Gasteiger partial charge >= 0.3 is 0 Å². The van der Waals surface area contributed by atoms with Crippen molar-refractivity contribution in [1.29, 1.82) is 0 Å². The molecule has 0 N–H and O–H groups in total. The van der Waals surface area contributed by atoms with Crippen molar-refractivity contribution in [2.75, 3.05) is 12.0 Å². The second-order valence-corrected chi connectivity index (χ2v) is 7.66. The number of ether oxygens (including phenoxy) is 1. The summed E-state index contributed by atoms with van der Waals surface area (Å²) in [4.78, 5) is 20.4. The molecule has 3 aromatic heterocycles. The number of anilines is 1. The quantitative estimate of drug-likeness (QED) is 0.482. The van der Waals surface area contributed by atoms with E-state index in [0.717, 1.165) is 20.9 Å². The van der Waals surface area contributed by atoms with Crippen molar-refractivity contribution in [3.05, 3.63) is 64.7 Å². The van der Waals surface area contributed by atoms with Gasteiger partial charge in [0.25, 0.3) is 0 Å². The van der Waals surface area contributed by atoms with Crippen LogP contribution in [0.25, 0.3) is 10.2 Å². The van der Waals surface area contributed by atoms with Crippen LogP contribution < -0.4 is 9.64 Å². The number of thiazole rings is 1. The summed E-state index contributed by atoms with van der Waals surface area (Å²) in [5, 5.41) is 2.62. The zero-order chi connectivity index (χ0) is 17.9. The molecule has 0 spiro atoms. The lowest BCUT2D eigenvalue weighted by Crippen LogP contribution is -2.31. The molecule has 5 nitrogen and oxygen atoms in total. The van der Waals surface area contributed by atoms with Gasteiger partial charge in [-0.15, -0.1) is 11.3 Å². The van der Waals surface area contributed by atoms with Gasteiger partial charge in [-0.3, -0.25) is 9.69 Å². The Kier molecular flexibility index (Phi) is 4.73. The van der Waals surface area contributed by atoms with Gasteiger partial charge in [0.15, 0.2) is 5.13 Å². The smallest absolute Gasteiger partial charge is 0.234 e. The van der Waals surface area contributed by atoms with Crippen molar-refractivity contribution in [1.82, 2.24) is 4.98 Å². The molecule has 0 radical (unpaired) electrons.